The van der Waals surface area contributed by atoms with Crippen LogP contribution in [0.1, 0.15) is 28.8 Å². The molecule has 3 aliphatic rings. The lowest BCUT2D eigenvalue weighted by atomic mass is 9.85. The van der Waals surface area contributed by atoms with E-state index in [4.69, 9.17) is 11.6 Å². The van der Waals surface area contributed by atoms with Crippen molar-refractivity contribution in [2.45, 2.75) is 31.8 Å². The van der Waals surface area contributed by atoms with E-state index in [2.05, 4.69) is 4.90 Å². The van der Waals surface area contributed by atoms with Gasteiger partial charge in [0.1, 0.15) is 0 Å². The van der Waals surface area contributed by atoms with Gasteiger partial charge in [-0.05, 0) is 62.7 Å². The molecule has 0 unspecified atom stereocenters. The maximum atomic E-state index is 13.4. The van der Waals surface area contributed by atoms with Crippen LogP contribution >= 0.6 is 11.6 Å². The first-order valence-corrected chi connectivity index (χ1v) is 10.3. The van der Waals surface area contributed by atoms with E-state index in [0.29, 0.717) is 16.3 Å². The monoisotopic (exact) mass is 408 g/mol. The Morgan fingerprint density at radius 2 is 1.62 bits per heavy atom. The van der Waals surface area contributed by atoms with Crippen LogP contribution in [0.5, 0.6) is 0 Å². The Hall–Kier alpha value is -2.50. The highest BCUT2D eigenvalue weighted by Crippen LogP contribution is 2.48. The average Bonchev–Trinajstić information content (AvgIpc) is 3.35. The maximum Gasteiger partial charge on any atom is 0.239 e. The lowest BCUT2D eigenvalue weighted by molar-refractivity contribution is -0.123. The van der Waals surface area contributed by atoms with Gasteiger partial charge in [0.15, 0.2) is 5.78 Å². The number of aryl methyl sites for hydroxylation is 1. The quantitative estimate of drug-likeness (QED) is 0.576. The SMILES string of the molecule is Cc1ccc(N2C(=O)[C@@H]3[C@H](C2=O)[C@H](C(=O)c2ccc(Cl)cc2)N2CCC[C@H]32)cc1. The molecule has 0 spiro atoms. The van der Waals surface area contributed by atoms with Gasteiger partial charge in [0.05, 0.1) is 23.6 Å². The van der Waals surface area contributed by atoms with Crippen molar-refractivity contribution < 1.29 is 14.4 Å². The summed E-state index contributed by atoms with van der Waals surface area (Å²) in [6, 6.07) is 13.5. The number of halogens is 1. The molecule has 3 heterocycles. The molecule has 3 aliphatic heterocycles. The summed E-state index contributed by atoms with van der Waals surface area (Å²) in [5.41, 5.74) is 2.17. The average molecular weight is 409 g/mol. The molecule has 4 atom stereocenters. The topological polar surface area (TPSA) is 57.7 Å². The number of hydrogen-bond acceptors (Lipinski definition) is 4. The summed E-state index contributed by atoms with van der Waals surface area (Å²) in [5.74, 6) is -1.62. The summed E-state index contributed by atoms with van der Waals surface area (Å²) >= 11 is 5.97. The van der Waals surface area contributed by atoms with Crippen molar-refractivity contribution in [2.24, 2.45) is 11.8 Å². The van der Waals surface area contributed by atoms with Gasteiger partial charge >= 0.3 is 0 Å². The van der Waals surface area contributed by atoms with E-state index in [1.165, 1.54) is 4.90 Å². The number of carbonyl (C=O) groups excluding carboxylic acids is 3. The lowest BCUT2D eigenvalue weighted by Gasteiger charge is -2.27. The highest BCUT2D eigenvalue weighted by Gasteiger charge is 2.64. The smallest absolute Gasteiger partial charge is 0.239 e. The number of Topliss-reactive ketones (excluding diaryl/α,β-unsaturated/α-hetero) is 1. The predicted molar refractivity (Wildman–Crippen MR) is 110 cm³/mol. The zero-order chi connectivity index (χ0) is 20.3. The van der Waals surface area contributed by atoms with Crippen LogP contribution in [0.15, 0.2) is 48.5 Å². The van der Waals surface area contributed by atoms with Crippen LogP contribution in [0.2, 0.25) is 5.02 Å². The minimum Gasteiger partial charge on any atom is -0.292 e. The number of rotatable bonds is 3. The Bertz CT molecular complexity index is 1000. The van der Waals surface area contributed by atoms with Gasteiger partial charge in [-0.3, -0.25) is 19.3 Å². The zero-order valence-corrected chi connectivity index (χ0v) is 16.8. The van der Waals surface area contributed by atoms with Crippen molar-refractivity contribution in [1.82, 2.24) is 4.90 Å². The Balaban J connectivity index is 1.54. The second-order valence-corrected chi connectivity index (χ2v) is 8.60. The number of nitrogens with zero attached hydrogens (tertiary/aromatic N) is 2. The van der Waals surface area contributed by atoms with Crippen molar-refractivity contribution in [2.75, 3.05) is 11.4 Å². The Morgan fingerprint density at radius 1 is 0.966 bits per heavy atom. The largest absolute Gasteiger partial charge is 0.292 e. The van der Waals surface area contributed by atoms with E-state index in [-0.39, 0.29) is 23.6 Å². The highest BCUT2D eigenvalue weighted by molar-refractivity contribution is 6.30. The standard InChI is InChI=1S/C23H21ClN2O3/c1-13-4-10-16(11-5-13)26-22(28)18-17-3-2-12-25(17)20(19(18)23(26)29)21(27)14-6-8-15(24)9-7-14/h4-11,17-20H,2-3,12H2,1H3/t17-,18+,19+,20-/m1/s1. The summed E-state index contributed by atoms with van der Waals surface area (Å²) in [4.78, 5) is 43.6. The molecule has 0 saturated carbocycles. The third-order valence-electron chi connectivity index (χ3n) is 6.54. The van der Waals surface area contributed by atoms with Crippen molar-refractivity contribution in [3.05, 3.63) is 64.7 Å². The van der Waals surface area contributed by atoms with Crippen LogP contribution < -0.4 is 4.90 Å². The summed E-state index contributed by atoms with van der Waals surface area (Å²) < 4.78 is 0. The summed E-state index contributed by atoms with van der Waals surface area (Å²) in [5, 5.41) is 0.558. The predicted octanol–water partition coefficient (Wildman–Crippen LogP) is 3.48. The van der Waals surface area contributed by atoms with E-state index >= 15 is 0 Å². The number of amides is 2. The van der Waals surface area contributed by atoms with Crippen LogP contribution in [0.4, 0.5) is 5.69 Å². The number of benzene rings is 2. The molecular weight excluding hydrogens is 388 g/mol. The molecule has 2 aromatic carbocycles. The number of imide groups is 1. The third kappa shape index (κ3) is 2.75. The Kier molecular flexibility index (Phi) is 4.33. The van der Waals surface area contributed by atoms with Gasteiger partial charge in [-0.25, -0.2) is 4.90 Å². The van der Waals surface area contributed by atoms with Crippen molar-refractivity contribution in [3.8, 4) is 0 Å². The molecule has 0 N–H and O–H groups in total. The van der Waals surface area contributed by atoms with E-state index < -0.39 is 17.9 Å². The van der Waals surface area contributed by atoms with E-state index in [0.717, 1.165) is 24.9 Å². The number of carbonyl (C=O) groups is 3. The van der Waals surface area contributed by atoms with Crippen LogP contribution in [0.3, 0.4) is 0 Å². The second kappa shape index (κ2) is 6.78. The van der Waals surface area contributed by atoms with E-state index in [9.17, 15) is 14.4 Å². The molecule has 5 rings (SSSR count). The van der Waals surface area contributed by atoms with E-state index in [1.807, 2.05) is 19.1 Å². The van der Waals surface area contributed by atoms with Gasteiger partial charge in [0.25, 0.3) is 0 Å². The summed E-state index contributed by atoms with van der Waals surface area (Å²) in [6.07, 6.45) is 1.77. The van der Waals surface area contributed by atoms with Gasteiger partial charge in [0.2, 0.25) is 11.8 Å². The molecule has 3 saturated heterocycles. The summed E-state index contributed by atoms with van der Waals surface area (Å²) in [7, 11) is 0. The van der Waals surface area contributed by atoms with Crippen LogP contribution in [0, 0.1) is 18.8 Å². The molecule has 6 heteroatoms. The first-order valence-electron chi connectivity index (χ1n) is 9.97. The molecular formula is C23H21ClN2O3. The number of hydrogen-bond donors (Lipinski definition) is 0. The molecule has 0 radical (unpaired) electrons. The molecule has 2 amide bonds. The molecule has 3 fully saturated rings. The molecule has 0 aromatic heterocycles. The molecule has 5 nitrogen and oxygen atoms in total. The van der Waals surface area contributed by atoms with Crippen LogP contribution in [-0.4, -0.2) is 41.1 Å². The van der Waals surface area contributed by atoms with Gasteiger partial charge < -0.3 is 0 Å². The lowest BCUT2D eigenvalue weighted by Crippen LogP contribution is -2.46. The van der Waals surface area contributed by atoms with Gasteiger partial charge in [-0.2, -0.15) is 0 Å². The van der Waals surface area contributed by atoms with Crippen molar-refractivity contribution >= 4 is 34.9 Å². The fraction of sp³-hybridized carbons (Fsp3) is 0.348. The molecule has 0 aliphatic carbocycles. The molecule has 148 valence electrons. The van der Waals surface area contributed by atoms with Gasteiger partial charge in [-0.15, -0.1) is 0 Å². The number of anilines is 1. The van der Waals surface area contributed by atoms with Gasteiger partial charge in [-0.1, -0.05) is 29.3 Å². The third-order valence-corrected chi connectivity index (χ3v) is 6.79. The Labute approximate surface area is 174 Å². The first kappa shape index (κ1) is 18.5. The van der Waals surface area contributed by atoms with Crippen molar-refractivity contribution in [3.63, 3.8) is 0 Å². The maximum absolute atomic E-state index is 13.4. The van der Waals surface area contributed by atoms with Crippen LogP contribution in [0.25, 0.3) is 0 Å². The second-order valence-electron chi connectivity index (χ2n) is 8.16. The minimum atomic E-state index is -0.628. The fourth-order valence-corrected chi connectivity index (χ4v) is 5.37. The van der Waals surface area contributed by atoms with Crippen LogP contribution in [-0.2, 0) is 9.59 Å². The van der Waals surface area contributed by atoms with Crippen molar-refractivity contribution in [1.29, 1.82) is 0 Å². The van der Waals surface area contributed by atoms with Gasteiger partial charge in [0, 0.05) is 16.6 Å². The Morgan fingerprint density at radius 3 is 2.31 bits per heavy atom. The number of ketones is 1. The summed E-state index contributed by atoms with van der Waals surface area (Å²) in [6.45, 7) is 2.70. The minimum absolute atomic E-state index is 0.0480. The normalized spacial score (nSPS) is 28.7. The highest BCUT2D eigenvalue weighted by atomic mass is 35.5. The number of fused-ring (bicyclic) bond motifs is 3. The molecule has 29 heavy (non-hydrogen) atoms. The molecule has 2 aromatic rings. The fourth-order valence-electron chi connectivity index (χ4n) is 5.25. The van der Waals surface area contributed by atoms with E-state index in [1.54, 1.807) is 36.4 Å². The first-order chi connectivity index (χ1) is 14.0. The molecule has 0 bridgehead atoms. The zero-order valence-electron chi connectivity index (χ0n) is 16.0.